The van der Waals surface area contributed by atoms with Gasteiger partial charge in [0.15, 0.2) is 0 Å². The van der Waals surface area contributed by atoms with Gasteiger partial charge in [-0.15, -0.1) is 0 Å². The molecule has 1 atom stereocenters. The van der Waals surface area contributed by atoms with Crippen molar-refractivity contribution in [3.8, 4) is 5.75 Å². The molecular weight excluding hydrogens is 318 g/mol. The van der Waals surface area contributed by atoms with Crippen LogP contribution in [0.4, 0.5) is 0 Å². The molecule has 1 amide bonds. The average Bonchev–Trinajstić information content (AvgIpc) is 2.79. The Bertz CT molecular complexity index is 829. The van der Waals surface area contributed by atoms with Gasteiger partial charge in [-0.3, -0.25) is 9.36 Å². The smallest absolute Gasteiger partial charge is 0.348 e. The molecule has 0 fully saturated rings. The van der Waals surface area contributed by atoms with E-state index in [-0.39, 0.29) is 17.5 Å². The average molecular weight is 341 g/mol. The topological polar surface area (TPSA) is 73.2 Å². The predicted molar refractivity (Wildman–Crippen MR) is 94.7 cm³/mol. The van der Waals surface area contributed by atoms with E-state index in [1.54, 1.807) is 11.5 Å². The van der Waals surface area contributed by atoms with Crippen LogP contribution in [-0.2, 0) is 17.8 Å². The van der Waals surface area contributed by atoms with Crippen LogP contribution in [0.2, 0.25) is 0 Å². The van der Waals surface area contributed by atoms with Crippen molar-refractivity contribution >= 4 is 5.91 Å². The third-order valence-electron chi connectivity index (χ3n) is 4.51. The first-order valence-corrected chi connectivity index (χ1v) is 8.58. The molecule has 1 N–H and O–H groups in total. The number of aryl methyl sites for hydroxylation is 2. The minimum Gasteiger partial charge on any atom is -0.493 e. The maximum atomic E-state index is 12.5. The molecule has 0 saturated carbocycles. The minimum absolute atomic E-state index is 0.00563. The molecule has 6 nitrogen and oxygen atoms in total. The maximum Gasteiger partial charge on any atom is 0.348 e. The van der Waals surface area contributed by atoms with Gasteiger partial charge in [0.2, 0.25) is 5.91 Å². The van der Waals surface area contributed by atoms with Crippen LogP contribution in [0, 0.1) is 19.8 Å². The summed E-state index contributed by atoms with van der Waals surface area (Å²) in [4.78, 5) is 28.4. The summed E-state index contributed by atoms with van der Waals surface area (Å²) in [7, 11) is 0. The monoisotopic (exact) mass is 341 g/mol. The summed E-state index contributed by atoms with van der Waals surface area (Å²) < 4.78 is 7.29. The van der Waals surface area contributed by atoms with Crippen LogP contribution in [-0.4, -0.2) is 28.6 Å². The highest BCUT2D eigenvalue weighted by Gasteiger charge is 2.23. The van der Waals surface area contributed by atoms with Gasteiger partial charge in [0, 0.05) is 30.4 Å². The molecule has 3 rings (SSSR count). The van der Waals surface area contributed by atoms with Crippen LogP contribution in [0.5, 0.6) is 5.75 Å². The number of hydrogen-bond acceptors (Lipinski definition) is 4. The highest BCUT2D eigenvalue weighted by Crippen LogP contribution is 2.26. The molecule has 0 unspecified atom stereocenters. The summed E-state index contributed by atoms with van der Waals surface area (Å²) in [5.41, 5.74) is 2.35. The number of nitrogens with zero attached hydrogens (tertiary/aromatic N) is 2. The van der Waals surface area contributed by atoms with E-state index in [0.29, 0.717) is 38.2 Å². The van der Waals surface area contributed by atoms with Crippen molar-refractivity contribution in [3.05, 3.63) is 57.8 Å². The van der Waals surface area contributed by atoms with Gasteiger partial charge in [-0.25, -0.2) is 4.79 Å². The fraction of sp³-hybridized carbons (Fsp3) is 0.421. The molecule has 25 heavy (non-hydrogen) atoms. The van der Waals surface area contributed by atoms with Crippen LogP contribution in [0.3, 0.4) is 0 Å². The molecule has 2 heterocycles. The quantitative estimate of drug-likeness (QED) is 0.917. The van der Waals surface area contributed by atoms with E-state index >= 15 is 0 Å². The van der Waals surface area contributed by atoms with Gasteiger partial charge >= 0.3 is 5.69 Å². The lowest BCUT2D eigenvalue weighted by molar-refractivity contribution is -0.125. The molecule has 0 saturated heterocycles. The third kappa shape index (κ3) is 4.07. The van der Waals surface area contributed by atoms with E-state index in [9.17, 15) is 9.59 Å². The summed E-state index contributed by atoms with van der Waals surface area (Å²) in [5.74, 6) is 0.759. The summed E-state index contributed by atoms with van der Waals surface area (Å²) in [6, 6.07) is 9.71. The van der Waals surface area contributed by atoms with E-state index < -0.39 is 0 Å². The zero-order valence-corrected chi connectivity index (χ0v) is 14.6. The fourth-order valence-electron chi connectivity index (χ4n) is 3.20. The number of fused-ring (bicyclic) bond motifs is 1. The van der Waals surface area contributed by atoms with Crippen molar-refractivity contribution in [2.24, 2.45) is 5.92 Å². The first-order chi connectivity index (χ1) is 12.0. The number of ether oxygens (including phenoxy) is 1. The number of para-hydroxylation sites is 1. The molecule has 132 valence electrons. The molecule has 2 aromatic rings. The van der Waals surface area contributed by atoms with Crippen LogP contribution >= 0.6 is 0 Å². The van der Waals surface area contributed by atoms with Crippen molar-refractivity contribution in [1.82, 2.24) is 14.9 Å². The Kier molecular flexibility index (Phi) is 5.16. The Morgan fingerprint density at radius 1 is 1.36 bits per heavy atom. The van der Waals surface area contributed by atoms with E-state index in [4.69, 9.17) is 4.74 Å². The number of rotatable bonds is 4. The first kappa shape index (κ1) is 17.2. The zero-order chi connectivity index (χ0) is 17.8. The molecular formula is C19H23N3O3. The van der Waals surface area contributed by atoms with Crippen molar-refractivity contribution in [1.29, 1.82) is 0 Å². The number of aromatic nitrogens is 2. The molecule has 0 spiro atoms. The second-order valence-corrected chi connectivity index (χ2v) is 6.41. The Balaban J connectivity index is 1.59. The van der Waals surface area contributed by atoms with Gasteiger partial charge in [0.1, 0.15) is 5.75 Å². The maximum absolute atomic E-state index is 12.5. The molecule has 0 radical (unpaired) electrons. The SMILES string of the molecule is Cc1cc(C)n(CCNC(=O)[C@@H]2CCOc3ccccc3C2)c(=O)n1. The van der Waals surface area contributed by atoms with Gasteiger partial charge in [-0.1, -0.05) is 18.2 Å². The second kappa shape index (κ2) is 7.51. The molecule has 1 aliphatic rings. The van der Waals surface area contributed by atoms with E-state index in [0.717, 1.165) is 17.0 Å². The van der Waals surface area contributed by atoms with Gasteiger partial charge in [0.25, 0.3) is 0 Å². The number of benzene rings is 1. The molecule has 0 aliphatic carbocycles. The third-order valence-corrected chi connectivity index (χ3v) is 4.51. The standard InChI is InChI=1S/C19H23N3O3/c1-13-11-14(2)22(19(24)21-13)9-8-20-18(23)16-7-10-25-17-6-4-3-5-15(17)12-16/h3-6,11,16H,7-10,12H2,1-2H3,(H,20,23)/t16-/m1/s1. The number of amides is 1. The lowest BCUT2D eigenvalue weighted by atomic mass is 9.96. The summed E-state index contributed by atoms with van der Waals surface area (Å²) in [5, 5.41) is 2.95. The molecule has 0 bridgehead atoms. The Labute approximate surface area is 146 Å². The van der Waals surface area contributed by atoms with Gasteiger partial charge in [-0.2, -0.15) is 4.98 Å². The fourth-order valence-corrected chi connectivity index (χ4v) is 3.20. The van der Waals surface area contributed by atoms with Crippen LogP contribution in [0.25, 0.3) is 0 Å². The molecule has 1 aliphatic heterocycles. The lowest BCUT2D eigenvalue weighted by Crippen LogP contribution is -2.36. The van der Waals surface area contributed by atoms with E-state index in [1.807, 2.05) is 37.3 Å². The zero-order valence-electron chi connectivity index (χ0n) is 14.6. The first-order valence-electron chi connectivity index (χ1n) is 8.58. The summed E-state index contributed by atoms with van der Waals surface area (Å²) >= 11 is 0. The van der Waals surface area contributed by atoms with E-state index in [2.05, 4.69) is 10.3 Å². The molecule has 1 aromatic heterocycles. The minimum atomic E-state index is -0.274. The van der Waals surface area contributed by atoms with Gasteiger partial charge in [-0.05, 0) is 44.4 Å². The number of hydrogen-bond donors (Lipinski definition) is 1. The van der Waals surface area contributed by atoms with Crippen LogP contribution in [0.1, 0.15) is 23.4 Å². The lowest BCUT2D eigenvalue weighted by Gasteiger charge is -2.15. The normalized spacial score (nSPS) is 16.5. The Morgan fingerprint density at radius 2 is 2.16 bits per heavy atom. The highest BCUT2D eigenvalue weighted by molar-refractivity contribution is 5.79. The molecule has 1 aromatic carbocycles. The van der Waals surface area contributed by atoms with E-state index in [1.165, 1.54) is 0 Å². The van der Waals surface area contributed by atoms with Crippen molar-refractivity contribution in [2.75, 3.05) is 13.2 Å². The van der Waals surface area contributed by atoms with Gasteiger partial charge < -0.3 is 10.1 Å². The van der Waals surface area contributed by atoms with Crippen LogP contribution < -0.4 is 15.7 Å². The summed E-state index contributed by atoms with van der Waals surface area (Å²) in [6.45, 7) is 5.03. The number of nitrogens with one attached hydrogen (secondary N) is 1. The highest BCUT2D eigenvalue weighted by atomic mass is 16.5. The number of carbonyl (C=O) groups excluding carboxylic acids is 1. The molecule has 6 heteroatoms. The predicted octanol–water partition coefficient (Wildman–Crippen LogP) is 1.62. The van der Waals surface area contributed by atoms with Crippen molar-refractivity contribution in [2.45, 2.75) is 33.2 Å². The second-order valence-electron chi connectivity index (χ2n) is 6.41. The largest absolute Gasteiger partial charge is 0.493 e. The van der Waals surface area contributed by atoms with Crippen LogP contribution in [0.15, 0.2) is 35.1 Å². The van der Waals surface area contributed by atoms with Gasteiger partial charge in [0.05, 0.1) is 6.61 Å². The number of carbonyl (C=O) groups is 1. The van der Waals surface area contributed by atoms with Crippen molar-refractivity contribution < 1.29 is 9.53 Å². The Hall–Kier alpha value is -2.63. The van der Waals surface area contributed by atoms with Crippen molar-refractivity contribution in [3.63, 3.8) is 0 Å². The summed E-state index contributed by atoms with van der Waals surface area (Å²) in [6.07, 6.45) is 1.36. The Morgan fingerprint density at radius 3 is 2.96 bits per heavy atom.